The number of nitrogens with one attached hydrogen (secondary N) is 1. The van der Waals surface area contributed by atoms with E-state index in [1.807, 2.05) is 0 Å². The highest BCUT2D eigenvalue weighted by Gasteiger charge is 2.45. The first-order valence-corrected chi connectivity index (χ1v) is 8.04. The van der Waals surface area contributed by atoms with E-state index in [0.717, 1.165) is 32.1 Å². The third kappa shape index (κ3) is 2.86. The van der Waals surface area contributed by atoms with Gasteiger partial charge in [-0.3, -0.25) is 4.79 Å². The SMILES string of the molecule is CC1C(N)CCC(C(=O)NC2CCCC2CO)C1(C)C. The van der Waals surface area contributed by atoms with Crippen LogP contribution in [0.15, 0.2) is 0 Å². The van der Waals surface area contributed by atoms with Gasteiger partial charge in [0.2, 0.25) is 5.91 Å². The summed E-state index contributed by atoms with van der Waals surface area (Å²) in [6.45, 7) is 6.68. The van der Waals surface area contributed by atoms with E-state index >= 15 is 0 Å². The van der Waals surface area contributed by atoms with Gasteiger partial charge in [0.15, 0.2) is 0 Å². The van der Waals surface area contributed by atoms with Gasteiger partial charge in [-0.1, -0.05) is 27.2 Å². The Morgan fingerprint density at radius 3 is 2.65 bits per heavy atom. The van der Waals surface area contributed by atoms with Gasteiger partial charge >= 0.3 is 0 Å². The van der Waals surface area contributed by atoms with Crippen molar-refractivity contribution in [1.82, 2.24) is 5.32 Å². The molecule has 0 spiro atoms. The summed E-state index contributed by atoms with van der Waals surface area (Å²) in [4.78, 5) is 12.6. The van der Waals surface area contributed by atoms with Gasteiger partial charge < -0.3 is 16.2 Å². The van der Waals surface area contributed by atoms with Crippen LogP contribution < -0.4 is 11.1 Å². The van der Waals surface area contributed by atoms with E-state index in [4.69, 9.17) is 5.73 Å². The van der Waals surface area contributed by atoms with Crippen molar-refractivity contribution in [3.8, 4) is 0 Å². The summed E-state index contributed by atoms with van der Waals surface area (Å²) in [5, 5.41) is 12.6. The van der Waals surface area contributed by atoms with Crippen molar-refractivity contribution in [3.63, 3.8) is 0 Å². The lowest BCUT2D eigenvalue weighted by Crippen LogP contribution is -2.53. The molecule has 0 radical (unpaired) electrons. The lowest BCUT2D eigenvalue weighted by Gasteiger charge is -2.46. The van der Waals surface area contributed by atoms with Gasteiger partial charge in [-0.2, -0.15) is 0 Å². The molecule has 4 nitrogen and oxygen atoms in total. The van der Waals surface area contributed by atoms with Crippen molar-refractivity contribution in [1.29, 1.82) is 0 Å². The zero-order valence-electron chi connectivity index (χ0n) is 13.1. The fourth-order valence-electron chi connectivity index (χ4n) is 4.05. The molecule has 2 rings (SSSR count). The Labute approximate surface area is 122 Å². The summed E-state index contributed by atoms with van der Waals surface area (Å²) < 4.78 is 0. The third-order valence-electron chi connectivity index (χ3n) is 6.04. The number of aliphatic hydroxyl groups is 1. The Morgan fingerprint density at radius 2 is 2.00 bits per heavy atom. The molecule has 2 fully saturated rings. The zero-order chi connectivity index (χ0) is 14.9. The number of hydrogen-bond donors (Lipinski definition) is 3. The molecule has 4 heteroatoms. The number of carbonyl (C=O) groups is 1. The summed E-state index contributed by atoms with van der Waals surface area (Å²) in [5.74, 6) is 0.797. The van der Waals surface area contributed by atoms with Crippen LogP contribution in [-0.4, -0.2) is 29.7 Å². The standard InChI is InChI=1S/C16H30N2O2/c1-10-13(17)8-7-12(16(10,2)3)15(20)18-14-6-4-5-11(14)9-19/h10-14,19H,4-9,17H2,1-3H3,(H,18,20). The largest absolute Gasteiger partial charge is 0.396 e. The molecule has 2 saturated carbocycles. The summed E-state index contributed by atoms with van der Waals surface area (Å²) >= 11 is 0. The molecule has 20 heavy (non-hydrogen) atoms. The second kappa shape index (κ2) is 6.02. The van der Waals surface area contributed by atoms with Crippen molar-refractivity contribution < 1.29 is 9.90 Å². The van der Waals surface area contributed by atoms with Gasteiger partial charge in [-0.25, -0.2) is 0 Å². The number of rotatable bonds is 3. The van der Waals surface area contributed by atoms with Crippen LogP contribution in [0.1, 0.15) is 52.9 Å². The maximum absolute atomic E-state index is 12.6. The second-order valence-corrected chi connectivity index (χ2v) is 7.39. The van der Waals surface area contributed by atoms with Gasteiger partial charge in [-0.15, -0.1) is 0 Å². The topological polar surface area (TPSA) is 75.4 Å². The molecule has 0 bridgehead atoms. The normalized spacial score (nSPS) is 40.5. The summed E-state index contributed by atoms with van der Waals surface area (Å²) in [7, 11) is 0. The van der Waals surface area contributed by atoms with Gasteiger partial charge in [-0.05, 0) is 37.0 Å². The molecule has 4 N–H and O–H groups in total. The van der Waals surface area contributed by atoms with E-state index in [2.05, 4.69) is 26.1 Å². The molecule has 0 aromatic carbocycles. The Bertz CT molecular complexity index is 356. The number of amides is 1. The Balaban J connectivity index is 2.01. The van der Waals surface area contributed by atoms with E-state index in [-0.39, 0.29) is 41.8 Å². The smallest absolute Gasteiger partial charge is 0.223 e. The molecule has 0 aliphatic heterocycles. The molecule has 5 atom stereocenters. The summed E-state index contributed by atoms with van der Waals surface area (Å²) in [6.07, 6.45) is 4.93. The predicted octanol–water partition coefficient (Wildman–Crippen LogP) is 1.66. The first-order valence-electron chi connectivity index (χ1n) is 8.04. The Kier molecular flexibility index (Phi) is 4.75. The predicted molar refractivity (Wildman–Crippen MR) is 80.0 cm³/mol. The maximum Gasteiger partial charge on any atom is 0.223 e. The van der Waals surface area contributed by atoms with Gasteiger partial charge in [0.1, 0.15) is 0 Å². The van der Waals surface area contributed by atoms with Crippen LogP contribution in [0.2, 0.25) is 0 Å². The van der Waals surface area contributed by atoms with E-state index in [9.17, 15) is 9.90 Å². The molecule has 0 aromatic rings. The minimum atomic E-state index is -0.0605. The zero-order valence-corrected chi connectivity index (χ0v) is 13.1. The third-order valence-corrected chi connectivity index (χ3v) is 6.04. The fourth-order valence-corrected chi connectivity index (χ4v) is 4.05. The van der Waals surface area contributed by atoms with Gasteiger partial charge in [0, 0.05) is 30.5 Å². The number of nitrogens with two attached hydrogens (primary N) is 1. The Hall–Kier alpha value is -0.610. The van der Waals surface area contributed by atoms with E-state index in [1.54, 1.807) is 0 Å². The van der Waals surface area contributed by atoms with Crippen molar-refractivity contribution >= 4 is 5.91 Å². The van der Waals surface area contributed by atoms with E-state index in [0.29, 0.717) is 5.92 Å². The fraction of sp³-hybridized carbons (Fsp3) is 0.938. The minimum absolute atomic E-state index is 0.0391. The molecule has 1 amide bonds. The number of carbonyl (C=O) groups excluding carboxylic acids is 1. The van der Waals surface area contributed by atoms with Gasteiger partial charge in [0.05, 0.1) is 0 Å². The molecule has 116 valence electrons. The molecule has 0 saturated heterocycles. The molecular formula is C16H30N2O2. The lowest BCUT2D eigenvalue weighted by atomic mass is 9.61. The maximum atomic E-state index is 12.6. The summed E-state index contributed by atoms with van der Waals surface area (Å²) in [5.41, 5.74) is 6.10. The molecule has 2 aliphatic carbocycles. The van der Waals surface area contributed by atoms with Crippen LogP contribution in [-0.2, 0) is 4.79 Å². The van der Waals surface area contributed by atoms with E-state index in [1.165, 1.54) is 0 Å². The van der Waals surface area contributed by atoms with Crippen LogP contribution in [0.3, 0.4) is 0 Å². The second-order valence-electron chi connectivity index (χ2n) is 7.39. The highest BCUT2D eigenvalue weighted by atomic mass is 16.3. The highest BCUT2D eigenvalue weighted by molar-refractivity contribution is 5.80. The lowest BCUT2D eigenvalue weighted by molar-refractivity contribution is -0.133. The van der Waals surface area contributed by atoms with Gasteiger partial charge in [0.25, 0.3) is 0 Å². The highest BCUT2D eigenvalue weighted by Crippen LogP contribution is 2.44. The molecule has 2 aliphatic rings. The first kappa shape index (κ1) is 15.8. The minimum Gasteiger partial charge on any atom is -0.396 e. The van der Waals surface area contributed by atoms with Crippen LogP contribution in [0.25, 0.3) is 0 Å². The first-order chi connectivity index (χ1) is 9.37. The number of aliphatic hydroxyl groups excluding tert-OH is 1. The number of hydrogen-bond acceptors (Lipinski definition) is 3. The van der Waals surface area contributed by atoms with Crippen LogP contribution >= 0.6 is 0 Å². The Morgan fingerprint density at radius 1 is 1.30 bits per heavy atom. The average molecular weight is 282 g/mol. The van der Waals surface area contributed by atoms with Crippen molar-refractivity contribution in [2.24, 2.45) is 28.9 Å². The quantitative estimate of drug-likeness (QED) is 0.737. The van der Waals surface area contributed by atoms with Crippen LogP contribution in [0.5, 0.6) is 0 Å². The van der Waals surface area contributed by atoms with Crippen LogP contribution in [0.4, 0.5) is 0 Å². The molecule has 5 unspecified atom stereocenters. The van der Waals surface area contributed by atoms with Crippen molar-refractivity contribution in [2.45, 2.75) is 65.0 Å². The van der Waals surface area contributed by atoms with Crippen molar-refractivity contribution in [3.05, 3.63) is 0 Å². The van der Waals surface area contributed by atoms with Crippen LogP contribution in [0, 0.1) is 23.2 Å². The average Bonchev–Trinajstić information content (AvgIpc) is 2.83. The molecular weight excluding hydrogens is 252 g/mol. The summed E-state index contributed by atoms with van der Waals surface area (Å²) in [6, 6.07) is 0.361. The molecule has 0 heterocycles. The van der Waals surface area contributed by atoms with E-state index < -0.39 is 0 Å². The monoisotopic (exact) mass is 282 g/mol. The van der Waals surface area contributed by atoms with Crippen molar-refractivity contribution in [2.75, 3.05) is 6.61 Å². The molecule has 0 aromatic heterocycles.